The summed E-state index contributed by atoms with van der Waals surface area (Å²) in [7, 11) is 1.24. The van der Waals surface area contributed by atoms with Crippen LogP contribution >= 0.6 is 0 Å². The Balaban J connectivity index is 1.72. The fraction of sp³-hybridized carbons (Fsp3) is 1.00. The molecule has 3 aliphatic rings. The first-order chi connectivity index (χ1) is 16.6. The smallest absolute Gasteiger partial charge is 0.187 e. The molecule has 16 heteroatoms. The molecule has 0 aromatic rings. The molecule has 206 valence electrons. The summed E-state index contributed by atoms with van der Waals surface area (Å²) in [5.41, 5.74) is 0. The Labute approximate surface area is 199 Å². The second kappa shape index (κ2) is 12.3. The van der Waals surface area contributed by atoms with Gasteiger partial charge in [-0.1, -0.05) is 0 Å². The molecule has 3 heterocycles. The van der Waals surface area contributed by atoms with Crippen LogP contribution in [0.2, 0.25) is 0 Å². The van der Waals surface area contributed by atoms with Gasteiger partial charge in [-0.05, 0) is 0 Å². The van der Waals surface area contributed by atoms with Crippen LogP contribution < -0.4 is 0 Å². The molecule has 0 spiro atoms. The number of methoxy groups -OCH3 is 1. The molecule has 3 aliphatic heterocycles. The molecule has 10 N–H and O–H groups in total. The minimum absolute atomic E-state index is 0.605. The second-order valence-electron chi connectivity index (χ2n) is 8.54. The zero-order valence-corrected chi connectivity index (χ0v) is 18.7. The standard InChI is InChI=1S/C19H34O16/c1-30-14-5(2-20)32-18(12(27)9(14)24)35-16-7(4-22)33-19(13(28)10(16)25)34-15-6(3-21)31-17(29)11(26)8(15)23/h5-29H,2-4H2,1H3/t5?,6?,7?,8?,9?,10?,11-,12?,13+,14+,15+,16-,17+,18-,19+/m0/s1. The van der Waals surface area contributed by atoms with Gasteiger partial charge in [-0.15, -0.1) is 0 Å². The van der Waals surface area contributed by atoms with Crippen molar-refractivity contribution in [3.05, 3.63) is 0 Å². The molecule has 0 amide bonds. The van der Waals surface area contributed by atoms with Crippen molar-refractivity contribution >= 4 is 0 Å². The Morgan fingerprint density at radius 1 is 0.514 bits per heavy atom. The molecule has 3 saturated heterocycles. The highest BCUT2D eigenvalue weighted by atomic mass is 16.8. The van der Waals surface area contributed by atoms with Crippen LogP contribution in [0.4, 0.5) is 0 Å². The Kier molecular flexibility index (Phi) is 10.1. The van der Waals surface area contributed by atoms with E-state index in [-0.39, 0.29) is 0 Å². The number of aliphatic hydroxyl groups is 10. The van der Waals surface area contributed by atoms with E-state index in [1.807, 2.05) is 0 Å². The van der Waals surface area contributed by atoms with Gasteiger partial charge in [0.2, 0.25) is 0 Å². The summed E-state index contributed by atoms with van der Waals surface area (Å²) >= 11 is 0. The highest BCUT2D eigenvalue weighted by Gasteiger charge is 2.53. The number of hydrogen-bond acceptors (Lipinski definition) is 16. The monoisotopic (exact) mass is 518 g/mol. The minimum Gasteiger partial charge on any atom is -0.394 e. The first-order valence-electron chi connectivity index (χ1n) is 11.0. The van der Waals surface area contributed by atoms with E-state index >= 15 is 0 Å². The van der Waals surface area contributed by atoms with Crippen molar-refractivity contribution in [2.45, 2.75) is 92.1 Å². The molecular weight excluding hydrogens is 484 g/mol. The lowest BCUT2D eigenvalue weighted by molar-refractivity contribution is -0.378. The van der Waals surface area contributed by atoms with Crippen molar-refractivity contribution in [2.24, 2.45) is 0 Å². The molecule has 0 aromatic heterocycles. The van der Waals surface area contributed by atoms with Gasteiger partial charge in [-0.2, -0.15) is 0 Å². The van der Waals surface area contributed by atoms with Crippen molar-refractivity contribution in [2.75, 3.05) is 26.9 Å². The van der Waals surface area contributed by atoms with Crippen LogP contribution in [0.25, 0.3) is 0 Å². The maximum absolute atomic E-state index is 10.7. The topological polar surface area (TPSA) is 258 Å². The first kappa shape index (κ1) is 28.9. The van der Waals surface area contributed by atoms with E-state index in [1.165, 1.54) is 7.11 Å². The van der Waals surface area contributed by atoms with Gasteiger partial charge < -0.3 is 79.5 Å². The lowest BCUT2D eigenvalue weighted by atomic mass is 9.96. The van der Waals surface area contributed by atoms with Gasteiger partial charge in [0, 0.05) is 7.11 Å². The number of aliphatic hydroxyl groups excluding tert-OH is 10. The van der Waals surface area contributed by atoms with E-state index in [0.717, 1.165) is 0 Å². The van der Waals surface area contributed by atoms with Crippen molar-refractivity contribution in [3.63, 3.8) is 0 Å². The third-order valence-corrected chi connectivity index (χ3v) is 6.34. The highest BCUT2D eigenvalue weighted by Crippen LogP contribution is 2.32. The minimum atomic E-state index is -1.88. The van der Waals surface area contributed by atoms with Crippen LogP contribution in [0.5, 0.6) is 0 Å². The average Bonchev–Trinajstić information content (AvgIpc) is 2.85. The molecule has 0 aliphatic carbocycles. The number of rotatable bonds is 8. The summed E-state index contributed by atoms with van der Waals surface area (Å²) in [5, 5.41) is 100. The van der Waals surface area contributed by atoms with Crippen molar-refractivity contribution in [1.82, 2.24) is 0 Å². The summed E-state index contributed by atoms with van der Waals surface area (Å²) in [4.78, 5) is 0. The van der Waals surface area contributed by atoms with Crippen LogP contribution in [-0.2, 0) is 28.4 Å². The highest BCUT2D eigenvalue weighted by molar-refractivity contribution is 4.96. The largest absolute Gasteiger partial charge is 0.394 e. The van der Waals surface area contributed by atoms with Crippen LogP contribution in [0.3, 0.4) is 0 Å². The third kappa shape index (κ3) is 5.78. The molecule has 3 fully saturated rings. The van der Waals surface area contributed by atoms with Gasteiger partial charge in [0.1, 0.15) is 73.2 Å². The Morgan fingerprint density at radius 2 is 0.886 bits per heavy atom. The summed E-state index contributed by atoms with van der Waals surface area (Å²) in [6, 6.07) is 0. The quantitative estimate of drug-likeness (QED) is 0.143. The van der Waals surface area contributed by atoms with E-state index in [0.29, 0.717) is 0 Å². The first-order valence-corrected chi connectivity index (χ1v) is 11.0. The van der Waals surface area contributed by atoms with E-state index in [4.69, 9.17) is 28.4 Å². The van der Waals surface area contributed by atoms with E-state index in [9.17, 15) is 51.1 Å². The number of hydrogen-bond donors (Lipinski definition) is 10. The lowest BCUT2D eigenvalue weighted by Gasteiger charge is -2.48. The summed E-state index contributed by atoms with van der Waals surface area (Å²) < 4.78 is 31.8. The molecule has 0 radical (unpaired) electrons. The van der Waals surface area contributed by atoms with Crippen LogP contribution in [-0.4, -0.2) is 170 Å². The molecule has 0 aromatic carbocycles. The van der Waals surface area contributed by atoms with Crippen molar-refractivity contribution in [1.29, 1.82) is 0 Å². The van der Waals surface area contributed by atoms with E-state index in [2.05, 4.69) is 0 Å². The van der Waals surface area contributed by atoms with Gasteiger partial charge in [-0.25, -0.2) is 0 Å². The fourth-order valence-electron chi connectivity index (χ4n) is 4.33. The molecular formula is C19H34O16. The molecule has 16 nitrogen and oxygen atoms in total. The van der Waals surface area contributed by atoms with Crippen LogP contribution in [0, 0.1) is 0 Å². The van der Waals surface area contributed by atoms with Gasteiger partial charge in [0.05, 0.1) is 19.8 Å². The SMILES string of the molecule is CO[C@@H]1C(CO)O[C@@H](O[C@H]2C(CO)O[C@H](O[C@@H]3C(CO)O[C@@H](O)[C@@H](O)C3O)[C@H](O)C2O)C(O)C1O. The normalized spacial score (nSPS) is 51.3. The van der Waals surface area contributed by atoms with Gasteiger partial charge in [-0.3, -0.25) is 0 Å². The Bertz CT molecular complexity index is 650. The number of ether oxygens (including phenoxy) is 6. The summed E-state index contributed by atoms with van der Waals surface area (Å²) in [6.07, 6.45) is -23.7. The summed E-state index contributed by atoms with van der Waals surface area (Å²) in [6.45, 7) is -2.15. The molecule has 35 heavy (non-hydrogen) atoms. The lowest BCUT2D eigenvalue weighted by Crippen LogP contribution is -2.66. The maximum Gasteiger partial charge on any atom is 0.187 e. The predicted molar refractivity (Wildman–Crippen MR) is 106 cm³/mol. The van der Waals surface area contributed by atoms with Gasteiger partial charge in [0.15, 0.2) is 18.9 Å². The maximum atomic E-state index is 10.7. The van der Waals surface area contributed by atoms with Crippen LogP contribution in [0.1, 0.15) is 0 Å². The third-order valence-electron chi connectivity index (χ3n) is 6.34. The van der Waals surface area contributed by atoms with E-state index < -0.39 is 112 Å². The van der Waals surface area contributed by atoms with Crippen LogP contribution in [0.15, 0.2) is 0 Å². The zero-order chi connectivity index (χ0) is 26.0. The van der Waals surface area contributed by atoms with E-state index in [1.54, 1.807) is 0 Å². The molecule has 0 bridgehead atoms. The second-order valence-corrected chi connectivity index (χ2v) is 8.54. The fourth-order valence-corrected chi connectivity index (χ4v) is 4.33. The van der Waals surface area contributed by atoms with Crippen molar-refractivity contribution in [3.8, 4) is 0 Å². The zero-order valence-electron chi connectivity index (χ0n) is 18.7. The van der Waals surface area contributed by atoms with Crippen molar-refractivity contribution < 1.29 is 79.5 Å². The molecule has 0 saturated carbocycles. The Morgan fingerprint density at radius 3 is 1.31 bits per heavy atom. The molecule has 15 atom stereocenters. The molecule has 3 rings (SSSR count). The van der Waals surface area contributed by atoms with Gasteiger partial charge >= 0.3 is 0 Å². The summed E-state index contributed by atoms with van der Waals surface area (Å²) in [5.74, 6) is 0. The van der Waals surface area contributed by atoms with Gasteiger partial charge in [0.25, 0.3) is 0 Å². The predicted octanol–water partition coefficient (Wildman–Crippen LogP) is -6.92. The molecule has 7 unspecified atom stereocenters. The Hall–Kier alpha value is -0.640. The average molecular weight is 518 g/mol.